The average molecular weight is 293 g/mol. The van der Waals surface area contributed by atoms with Crippen LogP contribution >= 0.6 is 0 Å². The number of benzene rings is 1. The highest BCUT2D eigenvalue weighted by Crippen LogP contribution is 2.39. The molecule has 1 aromatic carbocycles. The second-order valence-electron chi connectivity index (χ2n) is 5.95. The topological polar surface area (TPSA) is 87.4 Å². The number of nitro groups is 1. The van der Waals surface area contributed by atoms with Crippen molar-refractivity contribution < 1.29 is 10.0 Å². The fourth-order valence-electron chi connectivity index (χ4n) is 2.97. The SMILES string of the molecule is CNc1cccc(NC2(CO)CCC(C)CC2)c1[N+](=O)[O-]. The average Bonchev–Trinajstić information content (AvgIpc) is 2.49. The molecule has 0 saturated heterocycles. The van der Waals surface area contributed by atoms with Crippen molar-refractivity contribution in [1.82, 2.24) is 0 Å². The number of anilines is 2. The van der Waals surface area contributed by atoms with E-state index in [0.717, 1.165) is 25.7 Å². The van der Waals surface area contributed by atoms with Gasteiger partial charge >= 0.3 is 5.69 Å². The molecule has 1 aliphatic rings. The van der Waals surface area contributed by atoms with Crippen LogP contribution in [-0.4, -0.2) is 29.2 Å². The zero-order valence-corrected chi connectivity index (χ0v) is 12.6. The smallest absolute Gasteiger partial charge is 0.315 e. The molecule has 0 unspecified atom stereocenters. The Morgan fingerprint density at radius 3 is 2.52 bits per heavy atom. The highest BCUT2D eigenvalue weighted by atomic mass is 16.6. The lowest BCUT2D eigenvalue weighted by atomic mass is 9.77. The van der Waals surface area contributed by atoms with Gasteiger partial charge in [-0.3, -0.25) is 10.1 Å². The van der Waals surface area contributed by atoms with E-state index < -0.39 is 5.54 Å². The molecule has 1 aliphatic carbocycles. The minimum atomic E-state index is -0.455. The Bertz CT molecular complexity index is 511. The van der Waals surface area contributed by atoms with Gasteiger partial charge in [-0.05, 0) is 43.7 Å². The van der Waals surface area contributed by atoms with Gasteiger partial charge in [-0.15, -0.1) is 0 Å². The monoisotopic (exact) mass is 293 g/mol. The van der Waals surface area contributed by atoms with Crippen LogP contribution in [0.5, 0.6) is 0 Å². The maximum Gasteiger partial charge on any atom is 0.315 e. The standard InChI is InChI=1S/C15H23N3O3/c1-11-6-8-15(10-19,9-7-11)17-13-5-3-4-12(16-2)14(13)18(20)21/h3-5,11,16-17,19H,6-10H2,1-2H3. The number of aliphatic hydroxyl groups is 1. The summed E-state index contributed by atoms with van der Waals surface area (Å²) in [7, 11) is 1.66. The molecule has 0 bridgehead atoms. The number of para-hydroxylation sites is 1. The first-order chi connectivity index (χ1) is 10.0. The van der Waals surface area contributed by atoms with Crippen LogP contribution in [0.15, 0.2) is 18.2 Å². The fourth-order valence-corrected chi connectivity index (χ4v) is 2.97. The molecule has 0 atom stereocenters. The lowest BCUT2D eigenvalue weighted by molar-refractivity contribution is -0.383. The first kappa shape index (κ1) is 15.6. The van der Waals surface area contributed by atoms with Crippen LogP contribution in [0.4, 0.5) is 17.1 Å². The van der Waals surface area contributed by atoms with E-state index in [1.165, 1.54) is 0 Å². The zero-order valence-electron chi connectivity index (χ0n) is 12.6. The van der Waals surface area contributed by atoms with E-state index in [9.17, 15) is 15.2 Å². The van der Waals surface area contributed by atoms with Gasteiger partial charge in [0.25, 0.3) is 0 Å². The highest BCUT2D eigenvalue weighted by molar-refractivity contribution is 5.76. The van der Waals surface area contributed by atoms with Crippen molar-refractivity contribution in [1.29, 1.82) is 0 Å². The van der Waals surface area contributed by atoms with Crippen molar-refractivity contribution in [2.24, 2.45) is 5.92 Å². The molecule has 21 heavy (non-hydrogen) atoms. The summed E-state index contributed by atoms with van der Waals surface area (Å²) in [5.74, 6) is 0.644. The van der Waals surface area contributed by atoms with Crippen LogP contribution < -0.4 is 10.6 Å². The van der Waals surface area contributed by atoms with E-state index in [2.05, 4.69) is 17.6 Å². The Balaban J connectivity index is 2.31. The quantitative estimate of drug-likeness (QED) is 0.574. The van der Waals surface area contributed by atoms with E-state index in [1.807, 2.05) is 0 Å². The predicted molar refractivity (Wildman–Crippen MR) is 83.7 cm³/mol. The summed E-state index contributed by atoms with van der Waals surface area (Å²) in [5, 5.41) is 27.3. The summed E-state index contributed by atoms with van der Waals surface area (Å²) in [5.41, 5.74) is 0.521. The maximum absolute atomic E-state index is 11.4. The number of nitrogens with zero attached hydrogens (tertiary/aromatic N) is 1. The molecule has 1 saturated carbocycles. The van der Waals surface area contributed by atoms with E-state index >= 15 is 0 Å². The number of rotatable bonds is 5. The van der Waals surface area contributed by atoms with Gasteiger partial charge in [0.1, 0.15) is 11.4 Å². The number of hydrogen-bond donors (Lipinski definition) is 3. The van der Waals surface area contributed by atoms with E-state index in [4.69, 9.17) is 0 Å². The van der Waals surface area contributed by atoms with Crippen molar-refractivity contribution in [2.75, 3.05) is 24.3 Å². The third-order valence-electron chi connectivity index (χ3n) is 4.42. The highest BCUT2D eigenvalue weighted by Gasteiger charge is 2.35. The molecular formula is C15H23N3O3. The van der Waals surface area contributed by atoms with Gasteiger partial charge in [0, 0.05) is 7.05 Å². The molecule has 6 nitrogen and oxygen atoms in total. The van der Waals surface area contributed by atoms with E-state index in [-0.39, 0.29) is 17.2 Å². The molecule has 2 rings (SSSR count). The van der Waals surface area contributed by atoms with E-state index in [0.29, 0.717) is 17.3 Å². The van der Waals surface area contributed by atoms with Gasteiger partial charge in [0.15, 0.2) is 0 Å². The van der Waals surface area contributed by atoms with Crippen LogP contribution in [0.2, 0.25) is 0 Å². The van der Waals surface area contributed by atoms with Crippen molar-refractivity contribution in [3.8, 4) is 0 Å². The molecule has 0 radical (unpaired) electrons. The van der Waals surface area contributed by atoms with Gasteiger partial charge in [-0.1, -0.05) is 13.0 Å². The molecule has 6 heteroatoms. The number of aliphatic hydroxyl groups excluding tert-OH is 1. The molecule has 0 heterocycles. The number of nitro benzene ring substituents is 1. The second kappa shape index (κ2) is 6.30. The van der Waals surface area contributed by atoms with Gasteiger partial charge in [-0.2, -0.15) is 0 Å². The molecule has 116 valence electrons. The van der Waals surface area contributed by atoms with Gasteiger partial charge in [0.2, 0.25) is 0 Å². The number of hydrogen-bond acceptors (Lipinski definition) is 5. The summed E-state index contributed by atoms with van der Waals surface area (Å²) in [6.07, 6.45) is 3.69. The second-order valence-corrected chi connectivity index (χ2v) is 5.95. The Morgan fingerprint density at radius 2 is 2.00 bits per heavy atom. The van der Waals surface area contributed by atoms with Crippen molar-refractivity contribution in [2.45, 2.75) is 38.1 Å². The summed E-state index contributed by atoms with van der Waals surface area (Å²) in [6.45, 7) is 2.19. The fraction of sp³-hybridized carbons (Fsp3) is 0.600. The molecule has 0 amide bonds. The Kier molecular flexibility index (Phi) is 4.67. The van der Waals surface area contributed by atoms with Gasteiger partial charge < -0.3 is 15.7 Å². The van der Waals surface area contributed by atoms with Gasteiger partial charge in [-0.25, -0.2) is 0 Å². The first-order valence-corrected chi connectivity index (χ1v) is 7.35. The van der Waals surface area contributed by atoms with Crippen molar-refractivity contribution in [3.05, 3.63) is 28.3 Å². The van der Waals surface area contributed by atoms with Crippen LogP contribution in [0.1, 0.15) is 32.6 Å². The summed E-state index contributed by atoms with van der Waals surface area (Å²) in [6, 6.07) is 5.16. The molecule has 1 aromatic rings. The Hall–Kier alpha value is -1.82. The summed E-state index contributed by atoms with van der Waals surface area (Å²) >= 11 is 0. The Morgan fingerprint density at radius 1 is 1.38 bits per heavy atom. The van der Waals surface area contributed by atoms with Gasteiger partial charge in [0.05, 0.1) is 17.1 Å². The molecular weight excluding hydrogens is 270 g/mol. The summed E-state index contributed by atoms with van der Waals surface area (Å²) < 4.78 is 0. The molecule has 3 N–H and O–H groups in total. The molecule has 0 spiro atoms. The van der Waals surface area contributed by atoms with Crippen LogP contribution in [0, 0.1) is 16.0 Å². The zero-order chi connectivity index (χ0) is 15.5. The molecule has 0 aliphatic heterocycles. The third-order valence-corrected chi connectivity index (χ3v) is 4.42. The summed E-state index contributed by atoms with van der Waals surface area (Å²) in [4.78, 5) is 11.0. The maximum atomic E-state index is 11.4. The third kappa shape index (κ3) is 3.26. The van der Waals surface area contributed by atoms with Crippen LogP contribution in [-0.2, 0) is 0 Å². The molecule has 0 aromatic heterocycles. The number of nitrogens with one attached hydrogen (secondary N) is 2. The van der Waals surface area contributed by atoms with Crippen molar-refractivity contribution >= 4 is 17.1 Å². The minimum Gasteiger partial charge on any atom is -0.394 e. The minimum absolute atomic E-state index is 0.0132. The lowest BCUT2D eigenvalue weighted by Crippen LogP contribution is -2.45. The largest absolute Gasteiger partial charge is 0.394 e. The first-order valence-electron chi connectivity index (χ1n) is 7.35. The van der Waals surface area contributed by atoms with E-state index in [1.54, 1.807) is 25.2 Å². The normalized spacial score (nSPS) is 25.4. The predicted octanol–water partition coefficient (Wildman–Crippen LogP) is 2.99. The van der Waals surface area contributed by atoms with Crippen molar-refractivity contribution in [3.63, 3.8) is 0 Å². The Labute approximate surface area is 124 Å². The van der Waals surface area contributed by atoms with Crippen LogP contribution in [0.25, 0.3) is 0 Å². The van der Waals surface area contributed by atoms with Crippen LogP contribution in [0.3, 0.4) is 0 Å². The molecule has 1 fully saturated rings. The lowest BCUT2D eigenvalue weighted by Gasteiger charge is -2.39.